The van der Waals surface area contributed by atoms with Crippen molar-refractivity contribution in [3.63, 3.8) is 0 Å². The van der Waals surface area contributed by atoms with Crippen LogP contribution in [-0.4, -0.2) is 36.6 Å². The summed E-state index contributed by atoms with van der Waals surface area (Å²) in [6.45, 7) is 4.14. The van der Waals surface area contributed by atoms with Crippen molar-refractivity contribution in [2.24, 2.45) is 5.73 Å². The first-order valence-electron chi connectivity index (χ1n) is 5.88. The van der Waals surface area contributed by atoms with Gasteiger partial charge in [-0.05, 0) is 12.5 Å². The summed E-state index contributed by atoms with van der Waals surface area (Å²) in [4.78, 5) is 13.7. The van der Waals surface area contributed by atoms with Crippen molar-refractivity contribution in [2.45, 2.75) is 19.1 Å². The quantitative estimate of drug-likeness (QED) is 0.846. The van der Waals surface area contributed by atoms with Gasteiger partial charge in [0, 0.05) is 13.1 Å². The zero-order valence-electron chi connectivity index (χ0n) is 10.0. The van der Waals surface area contributed by atoms with Crippen LogP contribution in [0.2, 0.25) is 0 Å². The Morgan fingerprint density at radius 1 is 1.47 bits per heavy atom. The van der Waals surface area contributed by atoms with E-state index in [9.17, 15) is 4.79 Å². The van der Waals surface area contributed by atoms with Crippen molar-refractivity contribution in [3.8, 4) is 0 Å². The minimum absolute atomic E-state index is 0.148. The van der Waals surface area contributed by atoms with E-state index >= 15 is 0 Å². The second kappa shape index (κ2) is 5.29. The number of benzene rings is 1. The highest BCUT2D eigenvalue weighted by atomic mass is 16.5. The number of ether oxygens (including phenoxy) is 1. The third kappa shape index (κ3) is 2.84. The van der Waals surface area contributed by atoms with Gasteiger partial charge in [0.15, 0.2) is 0 Å². The van der Waals surface area contributed by atoms with Gasteiger partial charge in [-0.1, -0.05) is 30.3 Å². The molecule has 1 aromatic rings. The van der Waals surface area contributed by atoms with Crippen molar-refractivity contribution in [2.75, 3.05) is 19.7 Å². The number of primary amides is 1. The molecule has 0 radical (unpaired) electrons. The minimum Gasteiger partial charge on any atom is -0.376 e. The van der Waals surface area contributed by atoms with E-state index in [1.54, 1.807) is 0 Å². The van der Waals surface area contributed by atoms with Gasteiger partial charge in [-0.2, -0.15) is 0 Å². The number of carbonyl (C=O) groups excluding carboxylic acids is 1. The summed E-state index contributed by atoms with van der Waals surface area (Å²) in [6, 6.07) is 9.32. The Labute approximate surface area is 101 Å². The van der Waals surface area contributed by atoms with Gasteiger partial charge >= 0.3 is 0 Å². The maximum absolute atomic E-state index is 11.6. The van der Waals surface area contributed by atoms with Crippen LogP contribution < -0.4 is 5.73 Å². The number of hydrogen-bond acceptors (Lipinski definition) is 3. The molecular weight excluding hydrogens is 216 g/mol. The maximum Gasteiger partial charge on any atom is 0.239 e. The lowest BCUT2D eigenvalue weighted by molar-refractivity contribution is -0.126. The predicted octanol–water partition coefficient (Wildman–Crippen LogP) is 0.934. The largest absolute Gasteiger partial charge is 0.376 e. The van der Waals surface area contributed by atoms with Gasteiger partial charge in [0.05, 0.1) is 12.7 Å². The monoisotopic (exact) mass is 234 g/mol. The van der Waals surface area contributed by atoms with Crippen molar-refractivity contribution in [1.29, 1.82) is 0 Å². The molecule has 0 saturated carbocycles. The first-order chi connectivity index (χ1) is 8.18. The molecule has 0 bridgehead atoms. The highest BCUT2D eigenvalue weighted by molar-refractivity contribution is 5.81. The Morgan fingerprint density at radius 3 is 2.76 bits per heavy atom. The molecule has 0 aromatic heterocycles. The molecule has 2 N–H and O–H groups in total. The predicted molar refractivity (Wildman–Crippen MR) is 65.4 cm³/mol. The molecule has 17 heavy (non-hydrogen) atoms. The smallest absolute Gasteiger partial charge is 0.239 e. The van der Waals surface area contributed by atoms with E-state index in [1.807, 2.05) is 37.3 Å². The number of rotatable bonds is 3. The van der Waals surface area contributed by atoms with Gasteiger partial charge < -0.3 is 10.5 Å². The zero-order chi connectivity index (χ0) is 12.3. The number of hydrogen-bond donors (Lipinski definition) is 1. The third-order valence-corrected chi connectivity index (χ3v) is 3.02. The van der Waals surface area contributed by atoms with Gasteiger partial charge in [-0.3, -0.25) is 9.69 Å². The number of carbonyl (C=O) groups is 1. The SMILES string of the molecule is C[C@H]1CN([C@@H](C(N)=O)c2ccccc2)CCO1. The molecular formula is C13H18N2O2. The molecule has 0 spiro atoms. The van der Waals surface area contributed by atoms with Gasteiger partial charge in [-0.15, -0.1) is 0 Å². The molecule has 4 heteroatoms. The summed E-state index contributed by atoms with van der Waals surface area (Å²) in [5.41, 5.74) is 6.48. The van der Waals surface area contributed by atoms with Crippen LogP contribution in [0.4, 0.5) is 0 Å². The van der Waals surface area contributed by atoms with Gasteiger partial charge in [0.1, 0.15) is 6.04 Å². The molecule has 1 saturated heterocycles. The van der Waals surface area contributed by atoms with Crippen molar-refractivity contribution in [3.05, 3.63) is 35.9 Å². The van der Waals surface area contributed by atoms with Crippen molar-refractivity contribution in [1.82, 2.24) is 4.90 Å². The van der Waals surface area contributed by atoms with Crippen LogP contribution in [0, 0.1) is 0 Å². The van der Waals surface area contributed by atoms with E-state index in [1.165, 1.54) is 0 Å². The normalized spacial score (nSPS) is 23.2. The summed E-state index contributed by atoms with van der Waals surface area (Å²) in [7, 11) is 0. The number of morpholine rings is 1. The average molecular weight is 234 g/mol. The fourth-order valence-electron chi connectivity index (χ4n) is 2.27. The minimum atomic E-state index is -0.345. The molecule has 0 aliphatic carbocycles. The summed E-state index contributed by atoms with van der Waals surface area (Å²) >= 11 is 0. The maximum atomic E-state index is 11.6. The Hall–Kier alpha value is -1.39. The summed E-state index contributed by atoms with van der Waals surface area (Å²) < 4.78 is 5.48. The molecule has 1 aromatic carbocycles. The van der Waals surface area contributed by atoms with Gasteiger partial charge in [-0.25, -0.2) is 0 Å². The average Bonchev–Trinajstić information content (AvgIpc) is 2.30. The van der Waals surface area contributed by atoms with Gasteiger partial charge in [0.2, 0.25) is 5.91 Å². The number of nitrogens with two attached hydrogens (primary N) is 1. The van der Waals surface area contributed by atoms with Crippen molar-refractivity contribution >= 4 is 5.91 Å². The summed E-state index contributed by atoms with van der Waals surface area (Å²) in [5.74, 6) is -0.301. The molecule has 1 fully saturated rings. The van der Waals surface area contributed by atoms with E-state index in [-0.39, 0.29) is 18.1 Å². The van der Waals surface area contributed by atoms with Crippen LogP contribution >= 0.6 is 0 Å². The first kappa shape index (κ1) is 12.1. The molecule has 4 nitrogen and oxygen atoms in total. The van der Waals surface area contributed by atoms with Crippen LogP contribution in [0.3, 0.4) is 0 Å². The standard InChI is InChI=1S/C13H18N2O2/c1-10-9-15(7-8-17-10)12(13(14)16)11-5-3-2-4-6-11/h2-6,10,12H,7-9H2,1H3,(H2,14,16)/t10-,12+/m0/s1. The molecule has 1 amide bonds. The molecule has 1 heterocycles. The molecule has 1 aliphatic heterocycles. The van der Waals surface area contributed by atoms with Crippen LogP contribution in [0.15, 0.2) is 30.3 Å². The summed E-state index contributed by atoms with van der Waals surface area (Å²) in [5, 5.41) is 0. The summed E-state index contributed by atoms with van der Waals surface area (Å²) in [6.07, 6.45) is 0.148. The second-order valence-electron chi connectivity index (χ2n) is 4.39. The Balaban J connectivity index is 2.20. The Bertz CT molecular complexity index is 380. The highest BCUT2D eigenvalue weighted by Gasteiger charge is 2.29. The topological polar surface area (TPSA) is 55.6 Å². The van der Waals surface area contributed by atoms with E-state index in [0.717, 1.165) is 18.7 Å². The molecule has 2 rings (SSSR count). The third-order valence-electron chi connectivity index (χ3n) is 3.02. The van der Waals surface area contributed by atoms with Crippen LogP contribution in [0.1, 0.15) is 18.5 Å². The first-order valence-corrected chi connectivity index (χ1v) is 5.88. The van der Waals surface area contributed by atoms with Crippen LogP contribution in [0.5, 0.6) is 0 Å². The number of nitrogens with zero attached hydrogens (tertiary/aromatic N) is 1. The second-order valence-corrected chi connectivity index (χ2v) is 4.39. The fraction of sp³-hybridized carbons (Fsp3) is 0.462. The van der Waals surface area contributed by atoms with E-state index in [0.29, 0.717) is 6.61 Å². The Morgan fingerprint density at radius 2 is 2.18 bits per heavy atom. The molecule has 0 unspecified atom stereocenters. The lowest BCUT2D eigenvalue weighted by atomic mass is 10.0. The molecule has 1 aliphatic rings. The van der Waals surface area contributed by atoms with E-state index < -0.39 is 0 Å². The highest BCUT2D eigenvalue weighted by Crippen LogP contribution is 2.22. The molecule has 92 valence electrons. The fourth-order valence-corrected chi connectivity index (χ4v) is 2.27. The Kier molecular flexibility index (Phi) is 3.76. The zero-order valence-corrected chi connectivity index (χ0v) is 10.0. The number of amides is 1. The molecule has 2 atom stereocenters. The lowest BCUT2D eigenvalue weighted by Gasteiger charge is -2.35. The van der Waals surface area contributed by atoms with E-state index in [2.05, 4.69) is 4.90 Å². The lowest BCUT2D eigenvalue weighted by Crippen LogP contribution is -2.47. The van der Waals surface area contributed by atoms with Gasteiger partial charge in [0.25, 0.3) is 0 Å². The van der Waals surface area contributed by atoms with Crippen LogP contribution in [-0.2, 0) is 9.53 Å². The van der Waals surface area contributed by atoms with Crippen LogP contribution in [0.25, 0.3) is 0 Å². The van der Waals surface area contributed by atoms with E-state index in [4.69, 9.17) is 10.5 Å². The van der Waals surface area contributed by atoms with Crippen molar-refractivity contribution < 1.29 is 9.53 Å².